The summed E-state index contributed by atoms with van der Waals surface area (Å²) in [5.41, 5.74) is 5.57. The first-order valence-corrected chi connectivity index (χ1v) is 12.4. The van der Waals surface area contributed by atoms with Crippen LogP contribution in [0.3, 0.4) is 0 Å². The van der Waals surface area contributed by atoms with Gasteiger partial charge in [-0.15, -0.1) is 0 Å². The Labute approximate surface area is 214 Å². The molecule has 4 heterocycles. The Kier molecular flexibility index (Phi) is 5.84. The van der Waals surface area contributed by atoms with E-state index in [0.717, 1.165) is 65.1 Å². The van der Waals surface area contributed by atoms with Gasteiger partial charge in [-0.1, -0.05) is 0 Å². The van der Waals surface area contributed by atoms with Gasteiger partial charge in [-0.3, -0.25) is 4.79 Å². The lowest BCUT2D eigenvalue weighted by atomic mass is 9.95. The number of nitrogens with one attached hydrogen (secondary N) is 4. The van der Waals surface area contributed by atoms with Crippen molar-refractivity contribution in [2.75, 3.05) is 42.7 Å². The fraction of sp³-hybridized carbons (Fsp3) is 0.259. The van der Waals surface area contributed by atoms with Crippen molar-refractivity contribution < 1.29 is 4.79 Å². The maximum atomic E-state index is 12.3. The third-order valence-corrected chi connectivity index (χ3v) is 6.87. The highest BCUT2D eigenvalue weighted by Crippen LogP contribution is 2.29. The number of piperidine rings is 1. The predicted molar refractivity (Wildman–Crippen MR) is 147 cm³/mol. The number of carbonyl (C=O) groups is 1. The van der Waals surface area contributed by atoms with Crippen LogP contribution in [0.25, 0.3) is 22.1 Å². The van der Waals surface area contributed by atoms with Crippen LogP contribution in [-0.4, -0.2) is 62.9 Å². The molecule has 0 unspecified atom stereocenters. The van der Waals surface area contributed by atoms with Crippen molar-refractivity contribution >= 4 is 56.8 Å². The van der Waals surface area contributed by atoms with E-state index >= 15 is 0 Å². The van der Waals surface area contributed by atoms with Crippen LogP contribution < -0.4 is 15.5 Å². The van der Waals surface area contributed by atoms with Gasteiger partial charge < -0.3 is 30.4 Å². The summed E-state index contributed by atoms with van der Waals surface area (Å²) in [7, 11) is 3.66. The zero-order valence-corrected chi connectivity index (χ0v) is 20.8. The van der Waals surface area contributed by atoms with Crippen LogP contribution in [0.15, 0.2) is 61.1 Å². The quantitative estimate of drug-likeness (QED) is 0.271. The van der Waals surface area contributed by atoms with Gasteiger partial charge in [-0.2, -0.15) is 9.97 Å². The average molecular weight is 496 g/mol. The Balaban J connectivity index is 1.17. The highest BCUT2D eigenvalue weighted by Gasteiger charge is 2.26. The highest BCUT2D eigenvalue weighted by molar-refractivity contribution is 5.91. The van der Waals surface area contributed by atoms with Crippen LogP contribution in [0, 0.1) is 5.92 Å². The number of imidazole rings is 1. The minimum Gasteiger partial charge on any atom is -0.371 e. The lowest BCUT2D eigenvalue weighted by Crippen LogP contribution is -2.40. The van der Waals surface area contributed by atoms with Crippen molar-refractivity contribution in [3.8, 4) is 0 Å². The van der Waals surface area contributed by atoms with E-state index in [1.165, 1.54) is 0 Å². The van der Waals surface area contributed by atoms with Gasteiger partial charge in [0.1, 0.15) is 11.5 Å². The van der Waals surface area contributed by atoms with Crippen molar-refractivity contribution in [1.29, 1.82) is 0 Å². The topological polar surface area (TPSA) is 118 Å². The predicted octanol–water partition coefficient (Wildman–Crippen LogP) is 4.63. The second-order valence-electron chi connectivity index (χ2n) is 9.56. The first-order chi connectivity index (χ1) is 18.0. The van der Waals surface area contributed by atoms with Crippen LogP contribution in [0.1, 0.15) is 12.8 Å². The second-order valence-corrected chi connectivity index (χ2v) is 9.56. The minimum absolute atomic E-state index is 0.122. The van der Waals surface area contributed by atoms with Gasteiger partial charge in [-0.25, -0.2) is 4.98 Å². The number of hydrogen-bond acceptors (Lipinski definition) is 7. The Morgan fingerprint density at radius 3 is 2.54 bits per heavy atom. The van der Waals surface area contributed by atoms with Gasteiger partial charge in [0.2, 0.25) is 11.9 Å². The molecule has 1 amide bonds. The van der Waals surface area contributed by atoms with E-state index in [0.29, 0.717) is 11.8 Å². The fourth-order valence-electron chi connectivity index (χ4n) is 4.88. The normalized spacial score (nSPS) is 14.3. The zero-order chi connectivity index (χ0) is 25.4. The lowest BCUT2D eigenvalue weighted by molar-refractivity contribution is -0.133. The SMILES string of the molecule is CN(C)C(=O)C1CCN(c2ccc(Nc3nc(Nc4ccc5nc[nH]c5c4)c4cc[nH]c4n3)cc2)CC1. The Morgan fingerprint density at radius 1 is 0.973 bits per heavy atom. The number of amides is 1. The van der Waals surface area contributed by atoms with E-state index < -0.39 is 0 Å². The van der Waals surface area contributed by atoms with Crippen molar-refractivity contribution in [3.63, 3.8) is 0 Å². The molecule has 0 atom stereocenters. The van der Waals surface area contributed by atoms with Gasteiger partial charge in [-0.05, 0) is 61.4 Å². The van der Waals surface area contributed by atoms with Crippen LogP contribution in [-0.2, 0) is 4.79 Å². The largest absolute Gasteiger partial charge is 0.371 e. The molecule has 6 rings (SSSR count). The van der Waals surface area contributed by atoms with E-state index in [9.17, 15) is 4.79 Å². The van der Waals surface area contributed by atoms with E-state index in [4.69, 9.17) is 4.98 Å². The van der Waals surface area contributed by atoms with Crippen molar-refractivity contribution in [2.45, 2.75) is 12.8 Å². The molecule has 1 saturated heterocycles. The first-order valence-electron chi connectivity index (χ1n) is 12.4. The van der Waals surface area contributed by atoms with Gasteiger partial charge in [0.15, 0.2) is 0 Å². The highest BCUT2D eigenvalue weighted by atomic mass is 16.2. The van der Waals surface area contributed by atoms with E-state index in [-0.39, 0.29) is 11.8 Å². The lowest BCUT2D eigenvalue weighted by Gasteiger charge is -2.34. The van der Waals surface area contributed by atoms with Crippen LogP contribution in [0.4, 0.5) is 28.8 Å². The number of carbonyl (C=O) groups excluding carboxylic acids is 1. The maximum Gasteiger partial charge on any atom is 0.231 e. The van der Waals surface area contributed by atoms with Gasteiger partial charge in [0.25, 0.3) is 0 Å². The summed E-state index contributed by atoms with van der Waals surface area (Å²) in [6.45, 7) is 1.76. The van der Waals surface area contributed by atoms with Crippen molar-refractivity contribution in [1.82, 2.24) is 29.8 Å². The Hall–Kier alpha value is -4.60. The number of H-pyrrole nitrogens is 2. The molecule has 3 aromatic heterocycles. The molecule has 37 heavy (non-hydrogen) atoms. The van der Waals surface area contributed by atoms with Crippen molar-refractivity contribution in [2.24, 2.45) is 5.92 Å². The minimum atomic E-state index is 0.122. The summed E-state index contributed by atoms with van der Waals surface area (Å²) < 4.78 is 0. The monoisotopic (exact) mass is 495 g/mol. The molecule has 4 N–H and O–H groups in total. The van der Waals surface area contributed by atoms with Gasteiger partial charge in [0, 0.05) is 56.4 Å². The van der Waals surface area contributed by atoms with E-state index in [1.54, 1.807) is 11.2 Å². The number of nitrogens with zero attached hydrogens (tertiary/aromatic N) is 5. The molecule has 1 aliphatic heterocycles. The molecule has 2 aromatic carbocycles. The molecule has 0 radical (unpaired) electrons. The smallest absolute Gasteiger partial charge is 0.231 e. The molecule has 5 aromatic rings. The van der Waals surface area contributed by atoms with Crippen LogP contribution >= 0.6 is 0 Å². The summed E-state index contributed by atoms with van der Waals surface area (Å²) in [4.78, 5) is 36.3. The summed E-state index contributed by atoms with van der Waals surface area (Å²) in [5.74, 6) is 1.56. The summed E-state index contributed by atoms with van der Waals surface area (Å²) in [6, 6.07) is 16.2. The maximum absolute atomic E-state index is 12.3. The first kappa shape index (κ1) is 22.8. The molecule has 10 heteroatoms. The second kappa shape index (κ2) is 9.45. The third-order valence-electron chi connectivity index (χ3n) is 6.87. The van der Waals surface area contributed by atoms with Gasteiger partial charge in [0.05, 0.1) is 22.7 Å². The van der Waals surface area contributed by atoms with Gasteiger partial charge >= 0.3 is 0 Å². The number of anilines is 5. The molecule has 188 valence electrons. The Morgan fingerprint density at radius 2 is 1.76 bits per heavy atom. The summed E-state index contributed by atoms with van der Waals surface area (Å²) in [6.07, 6.45) is 5.30. The number of hydrogen-bond donors (Lipinski definition) is 4. The number of aromatic nitrogens is 5. The fourth-order valence-corrected chi connectivity index (χ4v) is 4.88. The van der Waals surface area contributed by atoms with Crippen molar-refractivity contribution in [3.05, 3.63) is 61.1 Å². The summed E-state index contributed by atoms with van der Waals surface area (Å²) >= 11 is 0. The zero-order valence-electron chi connectivity index (χ0n) is 20.8. The number of rotatable bonds is 6. The molecule has 10 nitrogen and oxygen atoms in total. The van der Waals surface area contributed by atoms with Crippen LogP contribution in [0.2, 0.25) is 0 Å². The molecule has 0 spiro atoms. The molecular weight excluding hydrogens is 466 g/mol. The molecule has 0 saturated carbocycles. The number of benzene rings is 2. The number of aromatic amines is 2. The molecule has 1 aliphatic rings. The number of fused-ring (bicyclic) bond motifs is 2. The van der Waals surface area contributed by atoms with E-state index in [2.05, 4.69) is 47.6 Å². The standard InChI is InChI=1S/C27H29N9O/c1-35(2)26(37)17-10-13-36(14-11-17)20-6-3-18(4-7-20)32-27-33-24-21(9-12-28-24)25(34-27)31-19-5-8-22-23(15-19)30-16-29-22/h3-9,12,15-17H,10-11,13-14H2,1-2H3,(H,29,30)(H3,28,31,32,33,34). The molecular formula is C27H29N9O. The van der Waals surface area contributed by atoms with E-state index in [1.807, 2.05) is 56.7 Å². The molecule has 0 aliphatic carbocycles. The third kappa shape index (κ3) is 4.65. The Bertz CT molecular complexity index is 1550. The molecule has 0 bridgehead atoms. The molecule has 1 fully saturated rings. The summed E-state index contributed by atoms with van der Waals surface area (Å²) in [5, 5.41) is 7.66. The average Bonchev–Trinajstić information content (AvgIpc) is 3.58. The van der Waals surface area contributed by atoms with Crippen LogP contribution in [0.5, 0.6) is 0 Å².